The number of hydrogen-bond acceptors (Lipinski definition) is 3. The summed E-state index contributed by atoms with van der Waals surface area (Å²) in [4.78, 5) is 0. The number of halogens is 1. The molecule has 1 aromatic rings. The van der Waals surface area contributed by atoms with E-state index in [-0.39, 0.29) is 0 Å². The largest absolute Gasteiger partial charge is 0.490 e. The van der Waals surface area contributed by atoms with Crippen molar-refractivity contribution in [2.24, 2.45) is 0 Å². The van der Waals surface area contributed by atoms with E-state index < -0.39 is 5.79 Å². The number of benzene rings is 1. The van der Waals surface area contributed by atoms with E-state index in [4.69, 9.17) is 14.2 Å². The summed E-state index contributed by atoms with van der Waals surface area (Å²) in [5.74, 6) is 1.63. The first-order chi connectivity index (χ1) is 7.02. The van der Waals surface area contributed by atoms with Crippen LogP contribution in [-0.2, 0) is 0 Å². The molecule has 2 rings (SSSR count). The van der Waals surface area contributed by atoms with Gasteiger partial charge in [-0.05, 0) is 41.6 Å². The predicted molar refractivity (Wildman–Crippen MR) is 65.7 cm³/mol. The topological polar surface area (TPSA) is 27.7 Å². The smallest absolute Gasteiger partial charge is 0.246 e. The molecule has 0 N–H and O–H groups in total. The Balaban J connectivity index is 2.43. The van der Waals surface area contributed by atoms with Crippen molar-refractivity contribution in [1.82, 2.24) is 0 Å². The van der Waals surface area contributed by atoms with Gasteiger partial charge in [-0.3, -0.25) is 0 Å². The minimum Gasteiger partial charge on any atom is -0.490 e. The minimum absolute atomic E-state index is 0.599. The van der Waals surface area contributed by atoms with E-state index in [0.717, 1.165) is 15.1 Å². The van der Waals surface area contributed by atoms with Gasteiger partial charge in [0.15, 0.2) is 11.5 Å². The summed E-state index contributed by atoms with van der Waals surface area (Å²) in [5, 5.41) is 0. The van der Waals surface area contributed by atoms with Gasteiger partial charge in [-0.25, -0.2) is 0 Å². The molecule has 82 valence electrons. The molecule has 0 radical (unpaired) electrons. The van der Waals surface area contributed by atoms with Crippen LogP contribution in [0.5, 0.6) is 17.2 Å². The molecule has 0 saturated heterocycles. The van der Waals surface area contributed by atoms with Gasteiger partial charge in [0.2, 0.25) is 11.5 Å². The fourth-order valence-electron chi connectivity index (χ4n) is 1.52. The van der Waals surface area contributed by atoms with E-state index in [2.05, 4.69) is 22.6 Å². The summed E-state index contributed by atoms with van der Waals surface area (Å²) in [5.41, 5.74) is 0. The average molecular weight is 320 g/mol. The second-order valence-electron chi connectivity index (χ2n) is 3.77. The van der Waals surface area contributed by atoms with E-state index in [0.29, 0.717) is 12.4 Å². The van der Waals surface area contributed by atoms with E-state index in [1.165, 1.54) is 0 Å². The van der Waals surface area contributed by atoms with Gasteiger partial charge >= 0.3 is 0 Å². The van der Waals surface area contributed by atoms with Gasteiger partial charge in [0.25, 0.3) is 0 Å². The maximum atomic E-state index is 5.68. The van der Waals surface area contributed by atoms with E-state index in [1.54, 1.807) is 0 Å². The lowest BCUT2D eigenvalue weighted by Gasteiger charge is -2.16. The third-order valence-corrected chi connectivity index (χ3v) is 2.61. The van der Waals surface area contributed by atoms with Crippen molar-refractivity contribution >= 4 is 22.6 Å². The molecule has 1 aliphatic rings. The van der Waals surface area contributed by atoms with Crippen LogP contribution in [-0.4, -0.2) is 12.4 Å². The average Bonchev–Trinajstić information content (AvgIpc) is 2.40. The first kappa shape index (κ1) is 10.9. The maximum Gasteiger partial charge on any atom is 0.246 e. The number of ether oxygens (including phenoxy) is 3. The Bertz CT molecular complexity index is 388. The third-order valence-electron chi connectivity index (χ3n) is 1.99. The predicted octanol–water partition coefficient (Wildman–Crippen LogP) is 3.20. The Labute approximate surface area is 103 Å². The van der Waals surface area contributed by atoms with Crippen molar-refractivity contribution in [2.45, 2.75) is 26.6 Å². The SMILES string of the molecule is CCOc1cc(I)cc2c1OC(C)(C)O2. The fourth-order valence-corrected chi connectivity index (χ4v) is 2.08. The Hall–Kier alpha value is -0.650. The molecule has 0 amide bonds. The van der Waals surface area contributed by atoms with Crippen molar-refractivity contribution in [3.05, 3.63) is 15.7 Å². The van der Waals surface area contributed by atoms with E-state index >= 15 is 0 Å². The van der Waals surface area contributed by atoms with Crippen molar-refractivity contribution < 1.29 is 14.2 Å². The first-order valence-corrected chi connectivity index (χ1v) is 5.94. The molecule has 1 aliphatic heterocycles. The van der Waals surface area contributed by atoms with Crippen molar-refractivity contribution in [1.29, 1.82) is 0 Å². The van der Waals surface area contributed by atoms with E-state index in [9.17, 15) is 0 Å². The molecule has 0 fully saturated rings. The summed E-state index contributed by atoms with van der Waals surface area (Å²) in [6.07, 6.45) is 0. The summed E-state index contributed by atoms with van der Waals surface area (Å²) < 4.78 is 17.9. The van der Waals surface area contributed by atoms with Crippen LogP contribution in [0.15, 0.2) is 12.1 Å². The molecule has 3 nitrogen and oxygen atoms in total. The van der Waals surface area contributed by atoms with Gasteiger partial charge in [0.1, 0.15) is 0 Å². The van der Waals surface area contributed by atoms with Crippen LogP contribution in [0, 0.1) is 3.57 Å². The molecule has 4 heteroatoms. The van der Waals surface area contributed by atoms with Gasteiger partial charge in [0, 0.05) is 17.4 Å². The molecule has 0 saturated carbocycles. The molecule has 0 aliphatic carbocycles. The molecule has 0 aromatic heterocycles. The highest BCUT2D eigenvalue weighted by molar-refractivity contribution is 14.1. The minimum atomic E-state index is -0.599. The molecule has 0 unspecified atom stereocenters. The van der Waals surface area contributed by atoms with Crippen LogP contribution in [0.1, 0.15) is 20.8 Å². The van der Waals surface area contributed by atoms with Crippen molar-refractivity contribution in [3.63, 3.8) is 0 Å². The lowest BCUT2D eigenvalue weighted by molar-refractivity contribution is -0.0440. The highest BCUT2D eigenvalue weighted by Crippen LogP contribution is 2.46. The van der Waals surface area contributed by atoms with Gasteiger partial charge < -0.3 is 14.2 Å². The van der Waals surface area contributed by atoms with Gasteiger partial charge in [-0.1, -0.05) is 0 Å². The van der Waals surface area contributed by atoms with Gasteiger partial charge in [-0.2, -0.15) is 0 Å². The van der Waals surface area contributed by atoms with Crippen LogP contribution in [0.25, 0.3) is 0 Å². The van der Waals surface area contributed by atoms with E-state index in [1.807, 2.05) is 32.9 Å². The number of fused-ring (bicyclic) bond motifs is 1. The molecule has 0 bridgehead atoms. The Morgan fingerprint density at radius 3 is 2.73 bits per heavy atom. The molecule has 15 heavy (non-hydrogen) atoms. The Kier molecular flexibility index (Phi) is 2.70. The molecular weight excluding hydrogens is 307 g/mol. The zero-order chi connectivity index (χ0) is 11.1. The van der Waals surface area contributed by atoms with Crippen molar-refractivity contribution in [2.75, 3.05) is 6.61 Å². The van der Waals surface area contributed by atoms with Gasteiger partial charge in [-0.15, -0.1) is 0 Å². The summed E-state index contributed by atoms with van der Waals surface area (Å²) in [6, 6.07) is 3.90. The molecule has 0 spiro atoms. The molecule has 1 heterocycles. The highest BCUT2D eigenvalue weighted by atomic mass is 127. The maximum absolute atomic E-state index is 5.68. The Morgan fingerprint density at radius 2 is 2.07 bits per heavy atom. The van der Waals surface area contributed by atoms with Crippen LogP contribution < -0.4 is 14.2 Å². The third kappa shape index (κ3) is 2.14. The zero-order valence-electron chi connectivity index (χ0n) is 8.96. The summed E-state index contributed by atoms with van der Waals surface area (Å²) in [6.45, 7) is 6.34. The van der Waals surface area contributed by atoms with Crippen LogP contribution >= 0.6 is 22.6 Å². The second kappa shape index (κ2) is 3.73. The first-order valence-electron chi connectivity index (χ1n) is 4.86. The number of hydrogen-bond donors (Lipinski definition) is 0. The zero-order valence-corrected chi connectivity index (χ0v) is 11.1. The normalized spacial score (nSPS) is 16.5. The molecule has 0 atom stereocenters. The van der Waals surface area contributed by atoms with Gasteiger partial charge in [0.05, 0.1) is 6.61 Å². The number of rotatable bonds is 2. The second-order valence-corrected chi connectivity index (χ2v) is 5.01. The molecule has 1 aromatic carbocycles. The lowest BCUT2D eigenvalue weighted by Crippen LogP contribution is -2.29. The standard InChI is InChI=1S/C11H13IO3/c1-4-13-8-5-7(12)6-9-10(8)15-11(2,3)14-9/h5-6H,4H2,1-3H3. The summed E-state index contributed by atoms with van der Waals surface area (Å²) >= 11 is 2.23. The Morgan fingerprint density at radius 1 is 1.33 bits per heavy atom. The highest BCUT2D eigenvalue weighted by Gasteiger charge is 2.34. The van der Waals surface area contributed by atoms with Crippen LogP contribution in [0.3, 0.4) is 0 Å². The summed E-state index contributed by atoms with van der Waals surface area (Å²) in [7, 11) is 0. The lowest BCUT2D eigenvalue weighted by atomic mass is 10.3. The quantitative estimate of drug-likeness (QED) is 0.783. The monoisotopic (exact) mass is 320 g/mol. The van der Waals surface area contributed by atoms with Crippen molar-refractivity contribution in [3.8, 4) is 17.2 Å². The van der Waals surface area contributed by atoms with Crippen LogP contribution in [0.4, 0.5) is 0 Å². The molecular formula is C11H13IO3. The fraction of sp³-hybridized carbons (Fsp3) is 0.455. The van der Waals surface area contributed by atoms with Crippen LogP contribution in [0.2, 0.25) is 0 Å².